The van der Waals surface area contributed by atoms with Gasteiger partial charge in [0.15, 0.2) is 0 Å². The van der Waals surface area contributed by atoms with Crippen LogP contribution in [0.1, 0.15) is 39.7 Å². The molecule has 0 amide bonds. The van der Waals surface area contributed by atoms with Gasteiger partial charge in [-0.3, -0.25) is 0 Å². The highest BCUT2D eigenvalue weighted by Gasteiger charge is 2.34. The number of benzene rings is 1. The molecule has 112 valence electrons. The van der Waals surface area contributed by atoms with E-state index in [2.05, 4.69) is 4.72 Å². The van der Waals surface area contributed by atoms with Crippen LogP contribution in [-0.2, 0) is 21.3 Å². The molecule has 2 atom stereocenters. The zero-order chi connectivity index (χ0) is 15.6. The third-order valence-electron chi connectivity index (χ3n) is 2.91. The predicted octanol–water partition coefficient (Wildman–Crippen LogP) is 3.34. The van der Waals surface area contributed by atoms with Gasteiger partial charge in [0.25, 0.3) is 0 Å². The van der Waals surface area contributed by atoms with E-state index in [4.69, 9.17) is 11.6 Å². The summed E-state index contributed by atoms with van der Waals surface area (Å²) in [6.07, 6.45) is 0.742. The van der Waals surface area contributed by atoms with Crippen molar-refractivity contribution >= 4 is 28.9 Å². The van der Waals surface area contributed by atoms with Gasteiger partial charge in [-0.2, -0.15) is 0 Å². The molecule has 0 fully saturated rings. The van der Waals surface area contributed by atoms with Gasteiger partial charge in [0.1, 0.15) is 12.1 Å². The van der Waals surface area contributed by atoms with E-state index in [0.717, 1.165) is 0 Å². The summed E-state index contributed by atoms with van der Waals surface area (Å²) in [5.74, 6) is -0.565. The molecule has 0 aromatic heterocycles. The second-order valence-corrected chi connectivity index (χ2v) is 8.13. The molecule has 20 heavy (non-hydrogen) atoms. The number of hydrogen-bond acceptors (Lipinski definition) is 2. The fourth-order valence-electron chi connectivity index (χ4n) is 1.66. The molecular weight excluding hydrogens is 301 g/mol. The topological polar surface area (TPSA) is 46.2 Å². The molecule has 1 aromatic carbocycles. The molecule has 0 saturated carbocycles. The van der Waals surface area contributed by atoms with Gasteiger partial charge in [-0.25, -0.2) is 13.3 Å². The third kappa shape index (κ3) is 3.87. The Morgan fingerprint density at radius 1 is 1.35 bits per heavy atom. The Balaban J connectivity index is 3.24. The third-order valence-corrected chi connectivity index (χ3v) is 5.04. The average molecular weight is 320 g/mol. The predicted molar refractivity (Wildman–Crippen MR) is 80.5 cm³/mol. The van der Waals surface area contributed by atoms with E-state index < -0.39 is 27.1 Å². The van der Waals surface area contributed by atoms with Crippen molar-refractivity contribution in [1.29, 1.82) is 0 Å². The van der Waals surface area contributed by atoms with Crippen molar-refractivity contribution in [3.05, 3.63) is 34.6 Å². The van der Waals surface area contributed by atoms with Crippen molar-refractivity contribution in [3.8, 4) is 0 Å². The Morgan fingerprint density at radius 2 is 1.95 bits per heavy atom. The largest absolute Gasteiger partial charge is 0.303 e. The molecule has 2 unspecified atom stereocenters. The van der Waals surface area contributed by atoms with Crippen LogP contribution in [0.25, 0.3) is 0 Å². The Labute approximate surface area is 126 Å². The summed E-state index contributed by atoms with van der Waals surface area (Å²) in [6.45, 7) is 7.12. The smallest absolute Gasteiger partial charge is 0.142 e. The van der Waals surface area contributed by atoms with Crippen LogP contribution in [0.2, 0.25) is 5.02 Å². The molecule has 0 saturated heterocycles. The number of carbonyl (C=O) groups excluding carboxylic acids is 1. The van der Waals surface area contributed by atoms with E-state index in [9.17, 15) is 13.4 Å². The zero-order valence-electron chi connectivity index (χ0n) is 12.0. The van der Waals surface area contributed by atoms with E-state index in [1.54, 1.807) is 13.0 Å². The molecule has 0 radical (unpaired) electrons. The Hall–Kier alpha value is -0.780. The molecule has 6 heteroatoms. The van der Waals surface area contributed by atoms with E-state index in [0.29, 0.717) is 11.8 Å². The number of rotatable bonds is 5. The average Bonchev–Trinajstić information content (AvgIpc) is 2.31. The van der Waals surface area contributed by atoms with Gasteiger partial charge >= 0.3 is 0 Å². The maximum absolute atomic E-state index is 13.6. The first-order chi connectivity index (χ1) is 9.12. The Morgan fingerprint density at radius 3 is 2.45 bits per heavy atom. The van der Waals surface area contributed by atoms with E-state index in [1.807, 2.05) is 20.8 Å². The van der Waals surface area contributed by atoms with Crippen LogP contribution in [0, 0.1) is 5.82 Å². The number of hydrogen-bond donors (Lipinski definition) is 1. The molecule has 0 heterocycles. The van der Waals surface area contributed by atoms with Gasteiger partial charge in [0, 0.05) is 6.42 Å². The lowest BCUT2D eigenvalue weighted by molar-refractivity contribution is -0.108. The summed E-state index contributed by atoms with van der Waals surface area (Å²) in [7, 11) is -1.41. The molecule has 0 aliphatic rings. The monoisotopic (exact) mass is 319 g/mol. The highest BCUT2D eigenvalue weighted by molar-refractivity contribution is 7.84. The van der Waals surface area contributed by atoms with Crippen LogP contribution in [0.4, 0.5) is 4.39 Å². The number of aldehydes is 1. The van der Waals surface area contributed by atoms with Crippen LogP contribution >= 0.6 is 11.6 Å². The SMILES string of the molecule is CC(CC=O)(NS(=O)C(C)(C)C)c1cccc(F)c1Cl. The minimum absolute atomic E-state index is 0.0397. The first kappa shape index (κ1) is 17.3. The van der Waals surface area contributed by atoms with Crippen LogP contribution in [0.5, 0.6) is 0 Å². The zero-order valence-corrected chi connectivity index (χ0v) is 13.6. The maximum atomic E-state index is 13.6. The molecular formula is C14H19ClFNO2S. The van der Waals surface area contributed by atoms with Crippen LogP contribution in [0.3, 0.4) is 0 Å². The fraction of sp³-hybridized carbons (Fsp3) is 0.500. The lowest BCUT2D eigenvalue weighted by atomic mass is 9.90. The Bertz CT molecular complexity index is 530. The number of carbonyl (C=O) groups is 1. The van der Waals surface area contributed by atoms with Crippen LogP contribution in [0.15, 0.2) is 18.2 Å². The highest BCUT2D eigenvalue weighted by Crippen LogP contribution is 2.33. The lowest BCUT2D eigenvalue weighted by Gasteiger charge is -2.33. The molecule has 0 aliphatic carbocycles. The first-order valence-corrected chi connectivity index (χ1v) is 7.72. The van der Waals surface area contributed by atoms with Crippen molar-refractivity contribution in [3.63, 3.8) is 0 Å². The van der Waals surface area contributed by atoms with E-state index >= 15 is 0 Å². The van der Waals surface area contributed by atoms with Crippen molar-refractivity contribution in [1.82, 2.24) is 4.72 Å². The minimum Gasteiger partial charge on any atom is -0.303 e. The van der Waals surface area contributed by atoms with Crippen LogP contribution < -0.4 is 4.72 Å². The summed E-state index contributed by atoms with van der Waals surface area (Å²) in [5, 5.41) is -0.0599. The molecule has 1 N–H and O–H groups in total. The lowest BCUT2D eigenvalue weighted by Crippen LogP contribution is -2.46. The normalized spacial score (nSPS) is 16.5. The number of nitrogens with one attached hydrogen (secondary N) is 1. The van der Waals surface area contributed by atoms with E-state index in [-0.39, 0.29) is 11.4 Å². The summed E-state index contributed by atoms with van der Waals surface area (Å²) < 4.78 is 28.3. The van der Waals surface area contributed by atoms with Gasteiger partial charge in [-0.05, 0) is 39.3 Å². The molecule has 0 aliphatic heterocycles. The van der Waals surface area contributed by atoms with Gasteiger partial charge < -0.3 is 4.79 Å². The van der Waals surface area contributed by atoms with Gasteiger partial charge in [0.05, 0.1) is 26.3 Å². The molecule has 3 nitrogen and oxygen atoms in total. The van der Waals surface area contributed by atoms with Crippen molar-refractivity contribution in [2.45, 2.75) is 44.4 Å². The second-order valence-electron chi connectivity index (χ2n) is 5.79. The molecule has 1 rings (SSSR count). The van der Waals surface area contributed by atoms with Gasteiger partial charge in [0.2, 0.25) is 0 Å². The van der Waals surface area contributed by atoms with E-state index in [1.165, 1.54) is 12.1 Å². The standard InChI is InChI=1S/C14H19ClFNO2S/c1-13(2,3)20(19)17-14(4,8-9-18)10-6-5-7-11(16)12(10)15/h5-7,9,17H,8H2,1-4H3. The molecule has 0 bridgehead atoms. The highest BCUT2D eigenvalue weighted by atomic mass is 35.5. The van der Waals surface area contributed by atoms with Crippen molar-refractivity contribution < 1.29 is 13.4 Å². The van der Waals surface area contributed by atoms with Gasteiger partial charge in [-0.1, -0.05) is 23.7 Å². The molecule has 0 spiro atoms. The summed E-state index contributed by atoms with van der Waals surface area (Å²) >= 11 is 5.98. The van der Waals surface area contributed by atoms with Crippen LogP contribution in [-0.4, -0.2) is 15.2 Å². The summed E-state index contributed by atoms with van der Waals surface area (Å²) in [5.41, 5.74) is -0.567. The van der Waals surface area contributed by atoms with Crippen molar-refractivity contribution in [2.24, 2.45) is 0 Å². The second kappa shape index (κ2) is 6.33. The Kier molecular flexibility index (Phi) is 5.46. The number of halogens is 2. The molecule has 1 aromatic rings. The fourth-order valence-corrected chi connectivity index (χ4v) is 2.90. The quantitative estimate of drug-likeness (QED) is 0.846. The summed E-state index contributed by atoms with van der Waals surface area (Å²) in [6, 6.07) is 4.39. The summed E-state index contributed by atoms with van der Waals surface area (Å²) in [4.78, 5) is 10.9. The maximum Gasteiger partial charge on any atom is 0.142 e. The van der Waals surface area contributed by atoms with Gasteiger partial charge in [-0.15, -0.1) is 0 Å². The first-order valence-electron chi connectivity index (χ1n) is 6.19. The van der Waals surface area contributed by atoms with Crippen molar-refractivity contribution in [2.75, 3.05) is 0 Å². The minimum atomic E-state index is -1.41.